The van der Waals surface area contributed by atoms with Crippen LogP contribution in [-0.4, -0.2) is 15.0 Å². The number of thiophene rings is 1. The van der Waals surface area contributed by atoms with Gasteiger partial charge in [0.1, 0.15) is 0 Å². The lowest BCUT2D eigenvalue weighted by Gasteiger charge is -2.35. The highest BCUT2D eigenvalue weighted by atomic mass is 32.1. The first kappa shape index (κ1) is 35.0. The van der Waals surface area contributed by atoms with E-state index < -0.39 is 5.41 Å². The molecule has 13 rings (SSSR count). The zero-order valence-corrected chi connectivity index (χ0v) is 34.3. The van der Waals surface area contributed by atoms with Crippen LogP contribution in [0.4, 0.5) is 0 Å². The Hall–Kier alpha value is -7.79. The Balaban J connectivity index is 1.12. The number of rotatable bonds is 4. The van der Waals surface area contributed by atoms with E-state index in [0.717, 1.165) is 27.8 Å². The fraction of sp³-hybridized carbons (Fsp3) is 0.0172. The van der Waals surface area contributed by atoms with Crippen LogP contribution in [0.5, 0.6) is 0 Å². The fourth-order valence-corrected chi connectivity index (χ4v) is 11.4. The van der Waals surface area contributed by atoms with Crippen LogP contribution in [0.1, 0.15) is 22.3 Å². The van der Waals surface area contributed by atoms with Crippen molar-refractivity contribution in [3.05, 3.63) is 235 Å². The van der Waals surface area contributed by atoms with Crippen LogP contribution in [0.2, 0.25) is 0 Å². The van der Waals surface area contributed by atoms with Gasteiger partial charge in [-0.3, -0.25) is 0 Å². The van der Waals surface area contributed by atoms with Crippen LogP contribution in [0.15, 0.2) is 212 Å². The van der Waals surface area contributed by atoms with Crippen molar-refractivity contribution in [2.75, 3.05) is 0 Å². The molecule has 3 nitrogen and oxygen atoms in total. The van der Waals surface area contributed by atoms with Crippen molar-refractivity contribution in [2.24, 2.45) is 0 Å². The van der Waals surface area contributed by atoms with Crippen LogP contribution in [0.25, 0.3) is 98.8 Å². The van der Waals surface area contributed by atoms with E-state index >= 15 is 0 Å². The monoisotopic (exact) mass is 805 g/mol. The summed E-state index contributed by atoms with van der Waals surface area (Å²) in [6.07, 6.45) is 0. The second kappa shape index (κ2) is 13.6. The SMILES string of the molecule is c1ccc(-c2cccc(-c3nc(-c4ccccc4)nc(-c4ccc5c(c4)C4(c6ccccc6-c6ccccc6-5)c5ccccc5-c5cc6c(cc54)sc4ccccc46)n3)c2)cc1. The van der Waals surface area contributed by atoms with Crippen LogP contribution in [0.3, 0.4) is 0 Å². The van der Waals surface area contributed by atoms with Gasteiger partial charge in [0.25, 0.3) is 0 Å². The Morgan fingerprint density at radius 3 is 1.48 bits per heavy atom. The molecule has 0 saturated heterocycles. The first-order chi connectivity index (χ1) is 30.7. The molecule has 9 aromatic carbocycles. The molecule has 1 spiro atoms. The normalized spacial score (nSPS) is 14.5. The minimum Gasteiger partial charge on any atom is -0.208 e. The van der Waals surface area contributed by atoms with Crippen LogP contribution in [-0.2, 0) is 5.41 Å². The van der Waals surface area contributed by atoms with Crippen LogP contribution in [0, 0.1) is 0 Å². The average molecular weight is 806 g/mol. The Labute approximate surface area is 363 Å². The topological polar surface area (TPSA) is 38.7 Å². The molecule has 0 aliphatic heterocycles. The largest absolute Gasteiger partial charge is 0.208 e. The van der Waals surface area contributed by atoms with Gasteiger partial charge in [0.2, 0.25) is 0 Å². The van der Waals surface area contributed by atoms with Gasteiger partial charge in [-0.25, -0.2) is 15.0 Å². The lowest BCUT2D eigenvalue weighted by atomic mass is 9.65. The molecule has 288 valence electrons. The molecule has 0 fully saturated rings. The van der Waals surface area contributed by atoms with Crippen molar-refractivity contribution < 1.29 is 0 Å². The number of aromatic nitrogens is 3. The molecular weight excluding hydrogens is 771 g/mol. The molecule has 1 atom stereocenters. The number of nitrogens with zero attached hydrogens (tertiary/aromatic N) is 3. The summed E-state index contributed by atoms with van der Waals surface area (Å²) in [4.78, 5) is 15.8. The molecule has 11 aromatic rings. The third kappa shape index (κ3) is 5.14. The summed E-state index contributed by atoms with van der Waals surface area (Å²) in [5.41, 5.74) is 16.9. The predicted octanol–water partition coefficient (Wildman–Crippen LogP) is 14.9. The summed E-state index contributed by atoms with van der Waals surface area (Å²) in [6.45, 7) is 0. The van der Waals surface area contributed by atoms with E-state index in [0.29, 0.717) is 17.5 Å². The zero-order chi connectivity index (χ0) is 40.8. The molecule has 2 aliphatic rings. The number of benzene rings is 9. The first-order valence-electron chi connectivity index (χ1n) is 21.1. The minimum atomic E-state index is -0.653. The molecule has 0 radical (unpaired) electrons. The third-order valence-electron chi connectivity index (χ3n) is 13.0. The van der Waals surface area contributed by atoms with E-state index in [1.165, 1.54) is 75.8 Å². The van der Waals surface area contributed by atoms with E-state index in [9.17, 15) is 0 Å². The molecule has 2 heterocycles. The van der Waals surface area contributed by atoms with Gasteiger partial charge in [-0.15, -0.1) is 11.3 Å². The summed E-state index contributed by atoms with van der Waals surface area (Å²) >= 11 is 1.88. The minimum absolute atomic E-state index is 0.634. The highest BCUT2D eigenvalue weighted by Crippen LogP contribution is 2.62. The second-order valence-corrected chi connectivity index (χ2v) is 17.3. The van der Waals surface area contributed by atoms with E-state index in [4.69, 9.17) is 15.0 Å². The lowest BCUT2D eigenvalue weighted by Crippen LogP contribution is -2.29. The summed E-state index contributed by atoms with van der Waals surface area (Å²) in [6, 6.07) is 77.0. The first-order valence-corrected chi connectivity index (χ1v) is 21.9. The molecule has 0 bridgehead atoms. The van der Waals surface area contributed by atoms with E-state index in [-0.39, 0.29) is 0 Å². The number of hydrogen-bond donors (Lipinski definition) is 0. The van der Waals surface area contributed by atoms with Gasteiger partial charge < -0.3 is 0 Å². The van der Waals surface area contributed by atoms with Crippen molar-refractivity contribution in [3.8, 4) is 78.7 Å². The van der Waals surface area contributed by atoms with Gasteiger partial charge in [-0.05, 0) is 97.1 Å². The maximum Gasteiger partial charge on any atom is 0.164 e. The molecule has 2 aliphatic carbocycles. The summed E-state index contributed by atoms with van der Waals surface area (Å²) in [5.74, 6) is 1.91. The van der Waals surface area contributed by atoms with Crippen molar-refractivity contribution in [1.82, 2.24) is 15.0 Å². The summed E-state index contributed by atoms with van der Waals surface area (Å²) in [7, 11) is 0. The zero-order valence-electron chi connectivity index (χ0n) is 33.5. The van der Waals surface area contributed by atoms with Gasteiger partial charge in [0.05, 0.1) is 5.41 Å². The highest BCUT2D eigenvalue weighted by Gasteiger charge is 2.50. The lowest BCUT2D eigenvalue weighted by molar-refractivity contribution is 0.777. The summed E-state index contributed by atoms with van der Waals surface area (Å²) in [5, 5.41) is 2.61. The molecule has 62 heavy (non-hydrogen) atoms. The highest BCUT2D eigenvalue weighted by molar-refractivity contribution is 7.25. The third-order valence-corrected chi connectivity index (χ3v) is 14.1. The average Bonchev–Trinajstić information content (AvgIpc) is 3.82. The molecule has 0 N–H and O–H groups in total. The molecule has 2 aromatic heterocycles. The predicted molar refractivity (Wildman–Crippen MR) is 256 cm³/mol. The maximum absolute atomic E-state index is 5.34. The quantitative estimate of drug-likeness (QED) is 0.178. The van der Waals surface area contributed by atoms with Crippen molar-refractivity contribution in [3.63, 3.8) is 0 Å². The fourth-order valence-electron chi connectivity index (χ4n) is 10.3. The Kier molecular flexibility index (Phi) is 7.69. The molecule has 4 heteroatoms. The summed E-state index contributed by atoms with van der Waals surface area (Å²) < 4.78 is 2.60. The van der Waals surface area contributed by atoms with E-state index in [2.05, 4.69) is 188 Å². The molecule has 0 saturated carbocycles. The molecule has 1 unspecified atom stereocenters. The van der Waals surface area contributed by atoms with Gasteiger partial charge >= 0.3 is 0 Å². The van der Waals surface area contributed by atoms with E-state index in [1.807, 2.05) is 35.6 Å². The van der Waals surface area contributed by atoms with Crippen molar-refractivity contribution >= 4 is 31.5 Å². The van der Waals surface area contributed by atoms with Gasteiger partial charge in [-0.2, -0.15) is 0 Å². The van der Waals surface area contributed by atoms with Gasteiger partial charge in [0, 0.05) is 36.9 Å². The van der Waals surface area contributed by atoms with E-state index in [1.54, 1.807) is 0 Å². The van der Waals surface area contributed by atoms with Crippen molar-refractivity contribution in [1.29, 1.82) is 0 Å². The molecular formula is C58H35N3S. The van der Waals surface area contributed by atoms with Crippen LogP contribution >= 0.6 is 11.3 Å². The van der Waals surface area contributed by atoms with Gasteiger partial charge in [0.15, 0.2) is 17.5 Å². The molecule has 0 amide bonds. The number of fused-ring (bicyclic) bond motifs is 15. The number of hydrogen-bond acceptors (Lipinski definition) is 4. The standard InChI is InChI=1S/C58H35N3S/c1-3-16-36(17-4-1)38-20-15-21-39(32-38)56-59-55(37-18-5-2-6-19-37)60-57(61-56)40-30-31-45-42-23-8-7-22-41(42)43-24-9-12-27-49(43)58(51(45)33-40)50-28-13-10-25-44(50)47-34-48-46-26-11-14-29-53(46)62-54(48)35-52(47)58/h1-35H. The van der Waals surface area contributed by atoms with Crippen LogP contribution < -0.4 is 0 Å². The van der Waals surface area contributed by atoms with Crippen molar-refractivity contribution in [2.45, 2.75) is 5.41 Å². The smallest absolute Gasteiger partial charge is 0.164 e. The second-order valence-electron chi connectivity index (χ2n) is 16.3. The van der Waals surface area contributed by atoms with Gasteiger partial charge in [-0.1, -0.05) is 182 Å². The maximum atomic E-state index is 5.34. The Morgan fingerprint density at radius 1 is 0.274 bits per heavy atom. The Bertz CT molecular complexity index is 3590. The Morgan fingerprint density at radius 2 is 0.774 bits per heavy atom.